The number of hydrogen-bond donors (Lipinski definition) is 2. The Labute approximate surface area is 149 Å². The molecular formula is C19H28FN5. The molecule has 6 heteroatoms. The number of aryl methyl sites for hydroxylation is 2. The third-order valence-electron chi connectivity index (χ3n) is 4.21. The summed E-state index contributed by atoms with van der Waals surface area (Å²) in [6, 6.07) is 6.74. The van der Waals surface area contributed by atoms with Crippen LogP contribution in [0.2, 0.25) is 0 Å². The van der Waals surface area contributed by atoms with Crippen molar-refractivity contribution in [1.29, 1.82) is 0 Å². The molecule has 1 atom stereocenters. The Kier molecular flexibility index (Phi) is 6.56. The van der Waals surface area contributed by atoms with Gasteiger partial charge in [0.2, 0.25) is 0 Å². The van der Waals surface area contributed by atoms with Crippen LogP contribution in [-0.2, 0) is 20.0 Å². The van der Waals surface area contributed by atoms with Crippen molar-refractivity contribution in [3.63, 3.8) is 0 Å². The van der Waals surface area contributed by atoms with Crippen molar-refractivity contribution < 1.29 is 4.39 Å². The Hall–Kier alpha value is -2.37. The van der Waals surface area contributed by atoms with Gasteiger partial charge in [0.15, 0.2) is 5.96 Å². The number of aliphatic imine (C=N–C) groups is 1. The molecule has 1 aromatic heterocycles. The maximum absolute atomic E-state index is 13.3. The van der Waals surface area contributed by atoms with Crippen molar-refractivity contribution in [2.45, 2.75) is 46.7 Å². The molecule has 2 aromatic rings. The molecule has 1 unspecified atom stereocenters. The fraction of sp³-hybridized carbons (Fsp3) is 0.474. The standard InChI is InChI=1S/C19H28FN5/c1-6-21-19(22-12-16-8-7-9-17(20)11-16)23-13(2)10-18-14(3)24-25(5)15(18)4/h7-9,11,13H,6,10,12H2,1-5H3,(H2,21,22,23). The van der Waals surface area contributed by atoms with Gasteiger partial charge in [-0.3, -0.25) is 4.68 Å². The van der Waals surface area contributed by atoms with Gasteiger partial charge in [-0.15, -0.1) is 0 Å². The summed E-state index contributed by atoms with van der Waals surface area (Å²) in [7, 11) is 1.97. The van der Waals surface area contributed by atoms with Crippen LogP contribution in [-0.4, -0.2) is 28.3 Å². The number of hydrogen-bond acceptors (Lipinski definition) is 2. The molecule has 0 aliphatic heterocycles. The lowest BCUT2D eigenvalue weighted by Gasteiger charge is -2.18. The van der Waals surface area contributed by atoms with Crippen LogP contribution in [0.5, 0.6) is 0 Å². The zero-order valence-corrected chi connectivity index (χ0v) is 15.7. The van der Waals surface area contributed by atoms with E-state index in [2.05, 4.69) is 34.6 Å². The number of halogens is 1. The zero-order chi connectivity index (χ0) is 18.4. The van der Waals surface area contributed by atoms with Crippen LogP contribution < -0.4 is 10.6 Å². The molecule has 0 aliphatic rings. The van der Waals surface area contributed by atoms with Crippen molar-refractivity contribution in [3.05, 3.63) is 52.6 Å². The molecular weight excluding hydrogens is 317 g/mol. The molecule has 2 N–H and O–H groups in total. The van der Waals surface area contributed by atoms with E-state index in [0.29, 0.717) is 6.54 Å². The van der Waals surface area contributed by atoms with E-state index in [1.54, 1.807) is 6.07 Å². The first kappa shape index (κ1) is 19.0. The highest BCUT2D eigenvalue weighted by atomic mass is 19.1. The molecule has 0 fully saturated rings. The number of aromatic nitrogens is 2. The Balaban J connectivity index is 2.03. The van der Waals surface area contributed by atoms with Crippen molar-refractivity contribution >= 4 is 5.96 Å². The minimum atomic E-state index is -0.235. The van der Waals surface area contributed by atoms with Gasteiger partial charge in [0.25, 0.3) is 0 Å². The summed E-state index contributed by atoms with van der Waals surface area (Å²) in [5.41, 5.74) is 4.37. The number of rotatable bonds is 6. The minimum absolute atomic E-state index is 0.201. The van der Waals surface area contributed by atoms with Gasteiger partial charge in [0.05, 0.1) is 12.2 Å². The summed E-state index contributed by atoms with van der Waals surface area (Å²) in [5, 5.41) is 11.1. The molecule has 0 spiro atoms. The van der Waals surface area contributed by atoms with Gasteiger partial charge < -0.3 is 10.6 Å². The number of guanidine groups is 1. The summed E-state index contributed by atoms with van der Waals surface area (Å²) in [6.45, 7) is 9.49. The SMILES string of the molecule is CCNC(=NCc1cccc(F)c1)NC(C)Cc1c(C)nn(C)c1C. The van der Waals surface area contributed by atoms with Crippen LogP contribution in [0.3, 0.4) is 0 Å². The van der Waals surface area contributed by atoms with Crippen LogP contribution in [0.4, 0.5) is 4.39 Å². The summed E-state index contributed by atoms with van der Waals surface area (Å²) in [6.07, 6.45) is 0.871. The predicted molar refractivity (Wildman–Crippen MR) is 100 cm³/mol. The van der Waals surface area contributed by atoms with Gasteiger partial charge >= 0.3 is 0 Å². The number of nitrogens with zero attached hydrogens (tertiary/aromatic N) is 3. The quantitative estimate of drug-likeness (QED) is 0.625. The smallest absolute Gasteiger partial charge is 0.191 e. The molecule has 5 nitrogen and oxygen atoms in total. The second kappa shape index (κ2) is 8.65. The van der Waals surface area contributed by atoms with E-state index in [9.17, 15) is 4.39 Å². The second-order valence-corrected chi connectivity index (χ2v) is 6.35. The lowest BCUT2D eigenvalue weighted by molar-refractivity contribution is 0.624. The molecule has 1 aromatic carbocycles. The van der Waals surface area contributed by atoms with Gasteiger partial charge in [-0.25, -0.2) is 9.38 Å². The zero-order valence-electron chi connectivity index (χ0n) is 15.7. The van der Waals surface area contributed by atoms with E-state index in [4.69, 9.17) is 0 Å². The minimum Gasteiger partial charge on any atom is -0.357 e. The maximum Gasteiger partial charge on any atom is 0.191 e. The van der Waals surface area contributed by atoms with Crippen molar-refractivity contribution in [2.24, 2.45) is 12.0 Å². The Bertz CT molecular complexity index is 735. The fourth-order valence-electron chi connectivity index (χ4n) is 2.83. The first-order valence-corrected chi connectivity index (χ1v) is 8.69. The first-order chi connectivity index (χ1) is 11.9. The molecule has 1 heterocycles. The number of benzene rings is 1. The molecule has 2 rings (SSSR count). The molecule has 0 saturated carbocycles. The van der Waals surface area contributed by atoms with E-state index in [-0.39, 0.29) is 11.9 Å². The summed E-state index contributed by atoms with van der Waals surface area (Å²) < 4.78 is 15.2. The van der Waals surface area contributed by atoms with Gasteiger partial charge in [0, 0.05) is 25.3 Å². The third kappa shape index (κ3) is 5.31. The molecule has 136 valence electrons. The van der Waals surface area contributed by atoms with Gasteiger partial charge in [-0.1, -0.05) is 12.1 Å². The van der Waals surface area contributed by atoms with Crippen LogP contribution >= 0.6 is 0 Å². The van der Waals surface area contributed by atoms with Crippen LogP contribution in [0.1, 0.15) is 36.4 Å². The summed E-state index contributed by atoms with van der Waals surface area (Å²) in [4.78, 5) is 4.56. The van der Waals surface area contributed by atoms with Gasteiger partial charge in [-0.2, -0.15) is 5.10 Å². The van der Waals surface area contributed by atoms with Crippen molar-refractivity contribution in [2.75, 3.05) is 6.54 Å². The Morgan fingerprint density at radius 3 is 2.72 bits per heavy atom. The van der Waals surface area contributed by atoms with E-state index in [0.717, 1.165) is 30.2 Å². The first-order valence-electron chi connectivity index (χ1n) is 8.69. The highest BCUT2D eigenvalue weighted by Crippen LogP contribution is 2.14. The van der Waals surface area contributed by atoms with E-state index >= 15 is 0 Å². The normalized spacial score (nSPS) is 13.0. The van der Waals surface area contributed by atoms with E-state index in [1.807, 2.05) is 31.6 Å². The number of nitrogens with one attached hydrogen (secondary N) is 2. The van der Waals surface area contributed by atoms with Gasteiger partial charge in [-0.05, 0) is 57.4 Å². The molecule has 0 amide bonds. The molecule has 0 bridgehead atoms. The van der Waals surface area contributed by atoms with Crippen LogP contribution in [0, 0.1) is 19.7 Å². The van der Waals surface area contributed by atoms with E-state index < -0.39 is 0 Å². The van der Waals surface area contributed by atoms with Crippen LogP contribution in [0.25, 0.3) is 0 Å². The highest BCUT2D eigenvalue weighted by molar-refractivity contribution is 5.80. The fourth-order valence-corrected chi connectivity index (χ4v) is 2.83. The van der Waals surface area contributed by atoms with Crippen molar-refractivity contribution in [1.82, 2.24) is 20.4 Å². The Morgan fingerprint density at radius 2 is 2.12 bits per heavy atom. The summed E-state index contributed by atoms with van der Waals surface area (Å²) >= 11 is 0. The molecule has 0 saturated heterocycles. The monoisotopic (exact) mass is 345 g/mol. The highest BCUT2D eigenvalue weighted by Gasteiger charge is 2.14. The van der Waals surface area contributed by atoms with Crippen molar-refractivity contribution in [3.8, 4) is 0 Å². The second-order valence-electron chi connectivity index (χ2n) is 6.35. The molecule has 0 aliphatic carbocycles. The average molecular weight is 345 g/mol. The average Bonchev–Trinajstić information content (AvgIpc) is 2.79. The maximum atomic E-state index is 13.3. The lowest BCUT2D eigenvalue weighted by atomic mass is 10.1. The Morgan fingerprint density at radius 1 is 1.36 bits per heavy atom. The topological polar surface area (TPSA) is 54.2 Å². The lowest BCUT2D eigenvalue weighted by Crippen LogP contribution is -2.43. The molecule has 25 heavy (non-hydrogen) atoms. The van der Waals surface area contributed by atoms with E-state index in [1.165, 1.54) is 23.4 Å². The third-order valence-corrected chi connectivity index (χ3v) is 4.21. The van der Waals surface area contributed by atoms with Crippen LogP contribution in [0.15, 0.2) is 29.3 Å². The predicted octanol–water partition coefficient (Wildman–Crippen LogP) is 2.86. The largest absolute Gasteiger partial charge is 0.357 e. The molecule has 0 radical (unpaired) electrons. The summed E-state index contributed by atoms with van der Waals surface area (Å²) in [5.74, 6) is 0.500. The van der Waals surface area contributed by atoms with Gasteiger partial charge in [0.1, 0.15) is 5.82 Å².